The molecule has 1 aliphatic heterocycles. The molecule has 3 rings (SSSR count). The first-order valence-corrected chi connectivity index (χ1v) is 6.97. The molecule has 0 aromatic rings. The van der Waals surface area contributed by atoms with Gasteiger partial charge in [-0.25, -0.2) is 0 Å². The van der Waals surface area contributed by atoms with Crippen LogP contribution in [0.2, 0.25) is 0 Å². The summed E-state index contributed by atoms with van der Waals surface area (Å²) in [6.07, 6.45) is 3.41. The Bertz CT molecular complexity index is 324. The molecule has 0 spiro atoms. The lowest BCUT2D eigenvalue weighted by Gasteiger charge is -2.52. The fraction of sp³-hybridized carbons (Fsp3) is 1.00. The summed E-state index contributed by atoms with van der Waals surface area (Å²) in [6.45, 7) is 10.3. The lowest BCUT2D eigenvalue weighted by molar-refractivity contribution is -0.213. The van der Waals surface area contributed by atoms with Gasteiger partial charge in [-0.15, -0.1) is 0 Å². The molecule has 1 N–H and O–H groups in total. The minimum atomic E-state index is -0.594. The second-order valence-corrected chi connectivity index (χ2v) is 6.91. The van der Waals surface area contributed by atoms with Crippen LogP contribution in [-0.2, 0) is 4.74 Å². The van der Waals surface area contributed by atoms with Crippen molar-refractivity contribution in [3.8, 4) is 0 Å². The summed E-state index contributed by atoms with van der Waals surface area (Å²) >= 11 is 0. The second-order valence-electron chi connectivity index (χ2n) is 6.91. The van der Waals surface area contributed by atoms with E-state index in [9.17, 15) is 5.11 Å². The van der Waals surface area contributed by atoms with E-state index < -0.39 is 5.72 Å². The highest BCUT2D eigenvalue weighted by atomic mass is 16.5. The smallest absolute Gasteiger partial charge is 0.124 e. The molecule has 3 atom stereocenters. The van der Waals surface area contributed by atoms with Crippen LogP contribution in [0.1, 0.15) is 40.0 Å². The first-order valence-electron chi connectivity index (χ1n) is 6.97. The molecular weight excluding hydrogens is 214 g/mol. The van der Waals surface area contributed by atoms with E-state index in [4.69, 9.17) is 4.74 Å². The van der Waals surface area contributed by atoms with E-state index in [-0.39, 0.29) is 10.8 Å². The molecule has 1 heterocycles. The summed E-state index contributed by atoms with van der Waals surface area (Å²) < 4.78 is 5.42. The molecular formula is C14H25NO2. The number of nitrogens with zero attached hydrogens (tertiary/aromatic N) is 1. The second kappa shape index (κ2) is 3.46. The zero-order valence-corrected chi connectivity index (χ0v) is 11.3. The Morgan fingerprint density at radius 2 is 1.82 bits per heavy atom. The fourth-order valence-electron chi connectivity index (χ4n) is 4.65. The van der Waals surface area contributed by atoms with Gasteiger partial charge in [0.15, 0.2) is 0 Å². The normalized spacial score (nSPS) is 49.8. The number of hydrogen-bond donors (Lipinski definition) is 1. The van der Waals surface area contributed by atoms with E-state index in [2.05, 4.69) is 25.7 Å². The van der Waals surface area contributed by atoms with Gasteiger partial charge in [-0.05, 0) is 30.6 Å². The number of aliphatic hydroxyl groups is 1. The quantitative estimate of drug-likeness (QED) is 0.758. The van der Waals surface area contributed by atoms with E-state index in [1.807, 2.05) is 0 Å². The minimum absolute atomic E-state index is 0.0437. The summed E-state index contributed by atoms with van der Waals surface area (Å²) in [7, 11) is 0. The highest BCUT2D eigenvalue weighted by Crippen LogP contribution is 2.70. The van der Waals surface area contributed by atoms with Crippen LogP contribution in [0.25, 0.3) is 0 Å². The molecule has 2 bridgehead atoms. The van der Waals surface area contributed by atoms with Crippen LogP contribution < -0.4 is 0 Å². The number of fused-ring (bicyclic) bond motifs is 2. The van der Waals surface area contributed by atoms with Gasteiger partial charge in [-0.3, -0.25) is 4.90 Å². The molecule has 2 saturated carbocycles. The summed E-state index contributed by atoms with van der Waals surface area (Å²) in [5.41, 5.74) is -0.286. The van der Waals surface area contributed by atoms with Crippen molar-refractivity contribution < 1.29 is 9.84 Å². The van der Waals surface area contributed by atoms with Crippen molar-refractivity contribution in [2.75, 3.05) is 26.3 Å². The van der Waals surface area contributed by atoms with E-state index in [0.29, 0.717) is 5.92 Å². The fourth-order valence-corrected chi connectivity index (χ4v) is 4.65. The molecule has 1 saturated heterocycles. The number of rotatable bonds is 1. The summed E-state index contributed by atoms with van der Waals surface area (Å²) in [6, 6.07) is 0. The molecule has 98 valence electrons. The Labute approximate surface area is 104 Å². The predicted molar refractivity (Wildman–Crippen MR) is 66.6 cm³/mol. The third kappa shape index (κ3) is 1.28. The standard InChI is InChI=1S/C14H25NO2/c1-12(2)11-4-5-13(12,3)14(16,10-11)15-6-8-17-9-7-15/h11,16H,4-10H2,1-3H3/t11-,13-,14-/m1/s1. The average Bonchev–Trinajstić information content (AvgIpc) is 2.62. The van der Waals surface area contributed by atoms with Gasteiger partial charge in [-0.2, -0.15) is 0 Å². The first-order chi connectivity index (χ1) is 7.92. The largest absolute Gasteiger partial charge is 0.379 e. The maximum absolute atomic E-state index is 11.3. The predicted octanol–water partition coefficient (Wildman–Crippen LogP) is 1.85. The molecule has 2 aliphatic carbocycles. The van der Waals surface area contributed by atoms with Crippen molar-refractivity contribution >= 4 is 0 Å². The Balaban J connectivity index is 1.93. The van der Waals surface area contributed by atoms with Gasteiger partial charge < -0.3 is 9.84 Å². The third-order valence-corrected chi connectivity index (χ3v) is 6.38. The SMILES string of the molecule is CC1(C)[C@@H]2CC[C@@]1(C)[C@@](O)(N1CCOCC1)C2. The van der Waals surface area contributed by atoms with Gasteiger partial charge in [0.25, 0.3) is 0 Å². The molecule has 3 heteroatoms. The number of hydrogen-bond acceptors (Lipinski definition) is 3. The Morgan fingerprint density at radius 1 is 1.18 bits per heavy atom. The van der Waals surface area contributed by atoms with Crippen LogP contribution in [0.3, 0.4) is 0 Å². The van der Waals surface area contributed by atoms with Crippen molar-refractivity contribution in [3.05, 3.63) is 0 Å². The Hall–Kier alpha value is -0.120. The lowest BCUT2D eigenvalue weighted by atomic mass is 9.67. The average molecular weight is 239 g/mol. The monoisotopic (exact) mass is 239 g/mol. The summed E-state index contributed by atoms with van der Waals surface area (Å²) in [4.78, 5) is 2.29. The van der Waals surface area contributed by atoms with Gasteiger partial charge in [0.1, 0.15) is 5.72 Å². The third-order valence-electron chi connectivity index (χ3n) is 6.38. The molecule has 0 amide bonds. The maximum Gasteiger partial charge on any atom is 0.124 e. The van der Waals surface area contributed by atoms with E-state index in [1.54, 1.807) is 0 Å². The van der Waals surface area contributed by atoms with Crippen molar-refractivity contribution in [1.29, 1.82) is 0 Å². The van der Waals surface area contributed by atoms with Crippen LogP contribution in [0.5, 0.6) is 0 Å². The van der Waals surface area contributed by atoms with Gasteiger partial charge in [0.2, 0.25) is 0 Å². The molecule has 0 unspecified atom stereocenters. The van der Waals surface area contributed by atoms with Crippen molar-refractivity contribution in [2.24, 2.45) is 16.7 Å². The summed E-state index contributed by atoms with van der Waals surface area (Å²) in [5, 5.41) is 11.3. The topological polar surface area (TPSA) is 32.7 Å². The number of morpholine rings is 1. The Kier molecular flexibility index (Phi) is 2.43. The first kappa shape index (κ1) is 11.9. The van der Waals surface area contributed by atoms with Crippen molar-refractivity contribution in [2.45, 2.75) is 45.8 Å². The summed E-state index contributed by atoms with van der Waals surface area (Å²) in [5.74, 6) is 0.681. The van der Waals surface area contributed by atoms with Crippen LogP contribution in [-0.4, -0.2) is 42.0 Å². The van der Waals surface area contributed by atoms with Crippen LogP contribution in [0.4, 0.5) is 0 Å². The zero-order valence-electron chi connectivity index (χ0n) is 11.3. The van der Waals surface area contributed by atoms with Gasteiger partial charge in [0, 0.05) is 18.5 Å². The van der Waals surface area contributed by atoms with Gasteiger partial charge >= 0.3 is 0 Å². The van der Waals surface area contributed by atoms with Crippen molar-refractivity contribution in [1.82, 2.24) is 4.90 Å². The van der Waals surface area contributed by atoms with Crippen LogP contribution in [0.15, 0.2) is 0 Å². The van der Waals surface area contributed by atoms with Crippen LogP contribution in [0, 0.1) is 16.7 Å². The molecule has 0 aromatic carbocycles. The van der Waals surface area contributed by atoms with Gasteiger partial charge in [-0.1, -0.05) is 20.8 Å². The Morgan fingerprint density at radius 3 is 2.29 bits per heavy atom. The number of ether oxygens (including phenoxy) is 1. The van der Waals surface area contributed by atoms with Crippen LogP contribution >= 0.6 is 0 Å². The molecule has 17 heavy (non-hydrogen) atoms. The lowest BCUT2D eigenvalue weighted by Crippen LogP contribution is -2.61. The highest BCUT2D eigenvalue weighted by molar-refractivity contribution is 5.17. The minimum Gasteiger partial charge on any atom is -0.379 e. The molecule has 3 fully saturated rings. The zero-order chi connectivity index (χ0) is 12.3. The van der Waals surface area contributed by atoms with E-state index in [1.165, 1.54) is 12.8 Å². The van der Waals surface area contributed by atoms with Gasteiger partial charge in [0.05, 0.1) is 13.2 Å². The molecule has 0 radical (unpaired) electrons. The molecule has 0 aromatic heterocycles. The van der Waals surface area contributed by atoms with Crippen molar-refractivity contribution in [3.63, 3.8) is 0 Å². The molecule has 3 aliphatic rings. The maximum atomic E-state index is 11.3. The van der Waals surface area contributed by atoms with E-state index >= 15 is 0 Å². The highest BCUT2D eigenvalue weighted by Gasteiger charge is 2.70. The molecule has 3 nitrogen and oxygen atoms in total. The van der Waals surface area contributed by atoms with E-state index in [0.717, 1.165) is 32.7 Å².